The molecule has 0 saturated heterocycles. The van der Waals surface area contributed by atoms with Gasteiger partial charge in [-0.1, -0.05) is 12.1 Å². The normalized spacial score (nSPS) is 9.89. The van der Waals surface area contributed by atoms with Gasteiger partial charge >= 0.3 is 5.97 Å². The van der Waals surface area contributed by atoms with Gasteiger partial charge in [-0.05, 0) is 36.4 Å². The van der Waals surface area contributed by atoms with Crippen molar-refractivity contribution < 1.29 is 18.7 Å². The van der Waals surface area contributed by atoms with Crippen LogP contribution >= 0.6 is 0 Å². The molecule has 0 spiro atoms. The van der Waals surface area contributed by atoms with E-state index in [0.29, 0.717) is 11.3 Å². The third kappa shape index (κ3) is 2.66. The molecule has 2 rings (SSSR count). The quantitative estimate of drug-likeness (QED) is 0.778. The van der Waals surface area contributed by atoms with Gasteiger partial charge in [0.25, 0.3) is 0 Å². The Bertz CT molecular complexity index is 549. The fraction of sp³-hybridized carbons (Fsp3) is 0.0714. The lowest BCUT2D eigenvalue weighted by molar-refractivity contribution is 0.0600. The van der Waals surface area contributed by atoms with Crippen molar-refractivity contribution in [2.75, 3.05) is 7.11 Å². The summed E-state index contributed by atoms with van der Waals surface area (Å²) in [6.07, 6.45) is 0. The number of para-hydroxylation sites is 1. The van der Waals surface area contributed by atoms with Gasteiger partial charge in [0.1, 0.15) is 5.75 Å². The zero-order valence-electron chi connectivity index (χ0n) is 9.72. The first kappa shape index (κ1) is 12.1. The van der Waals surface area contributed by atoms with Crippen LogP contribution in [0.2, 0.25) is 0 Å². The van der Waals surface area contributed by atoms with Gasteiger partial charge in [0.05, 0.1) is 12.7 Å². The molecule has 0 bridgehead atoms. The smallest absolute Gasteiger partial charge is 0.337 e. The number of hydrogen-bond acceptors (Lipinski definition) is 3. The molecule has 92 valence electrons. The molecule has 0 radical (unpaired) electrons. The van der Waals surface area contributed by atoms with Crippen molar-refractivity contribution >= 4 is 5.97 Å². The van der Waals surface area contributed by atoms with Gasteiger partial charge in [0.2, 0.25) is 0 Å². The Labute approximate surface area is 104 Å². The number of esters is 1. The van der Waals surface area contributed by atoms with Crippen LogP contribution in [-0.2, 0) is 4.74 Å². The Kier molecular flexibility index (Phi) is 3.57. The molecule has 2 aromatic carbocycles. The highest BCUT2D eigenvalue weighted by Crippen LogP contribution is 2.24. The largest absolute Gasteiger partial charge is 0.465 e. The van der Waals surface area contributed by atoms with E-state index in [-0.39, 0.29) is 5.75 Å². The zero-order valence-corrected chi connectivity index (χ0v) is 9.72. The highest BCUT2D eigenvalue weighted by Gasteiger charge is 2.06. The number of ether oxygens (including phenoxy) is 2. The summed E-state index contributed by atoms with van der Waals surface area (Å²) in [5.41, 5.74) is 0.415. The van der Waals surface area contributed by atoms with Crippen LogP contribution < -0.4 is 4.74 Å². The van der Waals surface area contributed by atoms with Crippen molar-refractivity contribution in [3.05, 3.63) is 59.9 Å². The average molecular weight is 246 g/mol. The van der Waals surface area contributed by atoms with E-state index in [1.54, 1.807) is 36.4 Å². The van der Waals surface area contributed by atoms with Crippen LogP contribution in [0.1, 0.15) is 10.4 Å². The first-order valence-electron chi connectivity index (χ1n) is 5.31. The van der Waals surface area contributed by atoms with E-state index in [1.165, 1.54) is 19.2 Å². The predicted octanol–water partition coefficient (Wildman–Crippen LogP) is 3.40. The zero-order chi connectivity index (χ0) is 13.0. The summed E-state index contributed by atoms with van der Waals surface area (Å²) < 4.78 is 23.3. The molecule has 0 fully saturated rings. The van der Waals surface area contributed by atoms with Crippen LogP contribution in [0.4, 0.5) is 4.39 Å². The van der Waals surface area contributed by atoms with Crippen LogP contribution in [0.25, 0.3) is 0 Å². The number of benzene rings is 2. The maximum atomic E-state index is 13.3. The number of hydrogen-bond donors (Lipinski definition) is 0. The monoisotopic (exact) mass is 246 g/mol. The van der Waals surface area contributed by atoms with Crippen molar-refractivity contribution in [1.29, 1.82) is 0 Å². The minimum atomic E-state index is -0.436. The summed E-state index contributed by atoms with van der Waals surface area (Å²) in [5, 5.41) is 0. The molecular formula is C14H11FO3. The molecule has 0 amide bonds. The topological polar surface area (TPSA) is 35.5 Å². The first-order valence-corrected chi connectivity index (χ1v) is 5.31. The lowest BCUT2D eigenvalue weighted by Crippen LogP contribution is -2.00. The number of carbonyl (C=O) groups excluding carboxylic acids is 1. The summed E-state index contributed by atoms with van der Waals surface area (Å²) in [6, 6.07) is 12.4. The summed E-state index contributed by atoms with van der Waals surface area (Å²) in [4.78, 5) is 11.2. The van der Waals surface area contributed by atoms with E-state index in [9.17, 15) is 9.18 Å². The van der Waals surface area contributed by atoms with Crippen LogP contribution in [-0.4, -0.2) is 13.1 Å². The molecular weight excluding hydrogens is 235 g/mol. The second-order valence-corrected chi connectivity index (χ2v) is 3.55. The van der Waals surface area contributed by atoms with E-state index in [1.807, 2.05) is 0 Å². The Hall–Kier alpha value is -2.36. The molecule has 4 heteroatoms. The van der Waals surface area contributed by atoms with Gasteiger partial charge in [0.15, 0.2) is 11.6 Å². The average Bonchev–Trinajstić information content (AvgIpc) is 2.41. The molecule has 2 aromatic rings. The maximum Gasteiger partial charge on any atom is 0.337 e. The minimum Gasteiger partial charge on any atom is -0.465 e. The number of methoxy groups -OCH3 is 1. The minimum absolute atomic E-state index is 0.142. The Morgan fingerprint density at radius 1 is 1.06 bits per heavy atom. The number of carbonyl (C=O) groups is 1. The van der Waals surface area contributed by atoms with Gasteiger partial charge in [-0.3, -0.25) is 0 Å². The van der Waals surface area contributed by atoms with Crippen LogP contribution in [0.5, 0.6) is 11.5 Å². The predicted molar refractivity (Wildman–Crippen MR) is 64.3 cm³/mol. The first-order chi connectivity index (χ1) is 8.70. The van der Waals surface area contributed by atoms with Crippen molar-refractivity contribution in [3.63, 3.8) is 0 Å². The van der Waals surface area contributed by atoms with E-state index in [0.717, 1.165) is 0 Å². The van der Waals surface area contributed by atoms with E-state index in [4.69, 9.17) is 4.74 Å². The standard InChI is InChI=1S/C14H11FO3/c1-17-14(16)10-6-8-11(9-7-10)18-13-5-3-2-4-12(13)15/h2-9H,1H3. The second kappa shape index (κ2) is 5.31. The molecule has 0 saturated carbocycles. The Morgan fingerprint density at radius 3 is 2.33 bits per heavy atom. The van der Waals surface area contributed by atoms with Crippen molar-refractivity contribution in [1.82, 2.24) is 0 Å². The number of halogens is 1. The second-order valence-electron chi connectivity index (χ2n) is 3.55. The molecule has 0 unspecified atom stereocenters. The molecule has 0 aromatic heterocycles. The molecule has 0 N–H and O–H groups in total. The molecule has 0 heterocycles. The molecule has 18 heavy (non-hydrogen) atoms. The molecule has 0 aliphatic heterocycles. The third-order valence-electron chi connectivity index (χ3n) is 2.34. The Morgan fingerprint density at radius 2 is 1.72 bits per heavy atom. The highest BCUT2D eigenvalue weighted by molar-refractivity contribution is 5.89. The van der Waals surface area contributed by atoms with Crippen LogP contribution in [0.3, 0.4) is 0 Å². The SMILES string of the molecule is COC(=O)c1ccc(Oc2ccccc2F)cc1. The molecule has 0 aliphatic carbocycles. The summed E-state index contributed by atoms with van der Waals surface area (Å²) >= 11 is 0. The number of rotatable bonds is 3. The third-order valence-corrected chi connectivity index (χ3v) is 2.34. The van der Waals surface area contributed by atoms with Crippen LogP contribution in [0, 0.1) is 5.82 Å². The summed E-state index contributed by atoms with van der Waals surface area (Å²) in [5.74, 6) is -0.266. The summed E-state index contributed by atoms with van der Waals surface area (Å²) in [6.45, 7) is 0. The fourth-order valence-electron chi connectivity index (χ4n) is 1.43. The molecule has 0 aliphatic rings. The fourth-order valence-corrected chi connectivity index (χ4v) is 1.43. The van der Waals surface area contributed by atoms with Crippen LogP contribution in [0.15, 0.2) is 48.5 Å². The van der Waals surface area contributed by atoms with Crippen molar-refractivity contribution in [2.24, 2.45) is 0 Å². The Balaban J connectivity index is 2.16. The van der Waals surface area contributed by atoms with Crippen molar-refractivity contribution in [3.8, 4) is 11.5 Å². The van der Waals surface area contributed by atoms with Gasteiger partial charge in [0, 0.05) is 0 Å². The molecule has 0 atom stereocenters. The summed E-state index contributed by atoms with van der Waals surface area (Å²) in [7, 11) is 1.31. The van der Waals surface area contributed by atoms with E-state index < -0.39 is 11.8 Å². The maximum absolute atomic E-state index is 13.3. The van der Waals surface area contributed by atoms with Crippen molar-refractivity contribution in [2.45, 2.75) is 0 Å². The van der Waals surface area contributed by atoms with E-state index >= 15 is 0 Å². The lowest BCUT2D eigenvalue weighted by Gasteiger charge is -2.06. The van der Waals surface area contributed by atoms with Gasteiger partial charge < -0.3 is 9.47 Å². The van der Waals surface area contributed by atoms with Gasteiger partial charge in [-0.25, -0.2) is 9.18 Å². The lowest BCUT2D eigenvalue weighted by atomic mass is 10.2. The van der Waals surface area contributed by atoms with Gasteiger partial charge in [-0.15, -0.1) is 0 Å². The van der Waals surface area contributed by atoms with E-state index in [2.05, 4.69) is 4.74 Å². The molecule has 3 nitrogen and oxygen atoms in total. The van der Waals surface area contributed by atoms with Gasteiger partial charge in [-0.2, -0.15) is 0 Å². The highest BCUT2D eigenvalue weighted by atomic mass is 19.1.